The van der Waals surface area contributed by atoms with Gasteiger partial charge in [-0.05, 0) is 38.6 Å². The molecule has 0 bridgehead atoms. The number of unbranched alkanes of at least 4 members (excludes halogenated alkanes) is 1. The molecule has 0 aliphatic heterocycles. The second kappa shape index (κ2) is 6.27. The summed E-state index contributed by atoms with van der Waals surface area (Å²) < 4.78 is 2.44. The molecule has 3 rings (SSSR count). The summed E-state index contributed by atoms with van der Waals surface area (Å²) in [5.41, 5.74) is 0. The summed E-state index contributed by atoms with van der Waals surface area (Å²) in [6.45, 7) is 4.44. The smallest absolute Gasteiger partial charge is 0.191 e. The van der Waals surface area contributed by atoms with Crippen molar-refractivity contribution in [2.45, 2.75) is 62.6 Å². The first-order valence-corrected chi connectivity index (χ1v) is 8.67. The molecule has 19 heavy (non-hydrogen) atoms. The Morgan fingerprint density at radius 2 is 2.05 bits per heavy atom. The van der Waals surface area contributed by atoms with Crippen LogP contribution < -0.4 is 5.32 Å². The van der Waals surface area contributed by atoms with E-state index in [1.165, 1.54) is 44.3 Å². The van der Waals surface area contributed by atoms with Gasteiger partial charge < -0.3 is 9.88 Å². The third kappa shape index (κ3) is 3.51. The Bertz CT molecular complexity index is 410. The minimum Gasteiger partial charge on any atom is -0.316 e. The maximum Gasteiger partial charge on any atom is 0.191 e. The molecule has 2 saturated carbocycles. The van der Waals surface area contributed by atoms with Gasteiger partial charge in [0.2, 0.25) is 0 Å². The molecule has 2 aliphatic carbocycles. The van der Waals surface area contributed by atoms with Crippen molar-refractivity contribution in [3.63, 3.8) is 0 Å². The van der Waals surface area contributed by atoms with Crippen molar-refractivity contribution in [3.05, 3.63) is 5.82 Å². The van der Waals surface area contributed by atoms with Gasteiger partial charge in [0.1, 0.15) is 5.82 Å². The van der Waals surface area contributed by atoms with Crippen molar-refractivity contribution in [3.8, 4) is 0 Å². The maximum atomic E-state index is 4.44. The highest BCUT2D eigenvalue weighted by Crippen LogP contribution is 2.45. The second-order valence-electron chi connectivity index (χ2n) is 5.67. The van der Waals surface area contributed by atoms with E-state index in [2.05, 4.69) is 27.0 Å². The Labute approximate surface area is 119 Å². The molecule has 1 aromatic heterocycles. The van der Waals surface area contributed by atoms with Crippen LogP contribution in [0.5, 0.6) is 0 Å². The molecule has 106 valence electrons. The zero-order chi connectivity index (χ0) is 13.1. The fraction of sp³-hybridized carbons (Fsp3) is 0.857. The van der Waals surface area contributed by atoms with Crippen molar-refractivity contribution < 1.29 is 0 Å². The van der Waals surface area contributed by atoms with Crippen LogP contribution in [-0.4, -0.2) is 33.6 Å². The van der Waals surface area contributed by atoms with E-state index in [0.717, 1.165) is 24.0 Å². The van der Waals surface area contributed by atoms with E-state index < -0.39 is 0 Å². The van der Waals surface area contributed by atoms with Crippen LogP contribution in [-0.2, 0) is 0 Å². The van der Waals surface area contributed by atoms with Crippen LogP contribution >= 0.6 is 11.8 Å². The van der Waals surface area contributed by atoms with Gasteiger partial charge in [0, 0.05) is 24.3 Å². The molecule has 0 saturated heterocycles. The molecule has 1 N–H and O–H groups in total. The summed E-state index contributed by atoms with van der Waals surface area (Å²) in [6, 6.07) is 0.709. The molecule has 2 fully saturated rings. The maximum absolute atomic E-state index is 4.44. The summed E-state index contributed by atoms with van der Waals surface area (Å²) in [4.78, 5) is 0. The molecule has 4 nitrogen and oxygen atoms in total. The van der Waals surface area contributed by atoms with Gasteiger partial charge in [0.05, 0.1) is 0 Å². The highest BCUT2D eigenvalue weighted by Gasteiger charge is 2.36. The summed E-state index contributed by atoms with van der Waals surface area (Å²) >= 11 is 1.87. The second-order valence-corrected chi connectivity index (χ2v) is 6.73. The third-order valence-corrected chi connectivity index (χ3v) is 4.71. The molecule has 0 radical (unpaired) electrons. The predicted octanol–water partition coefficient (Wildman–Crippen LogP) is 2.97. The molecule has 0 spiro atoms. The van der Waals surface area contributed by atoms with Crippen molar-refractivity contribution in [2.75, 3.05) is 18.8 Å². The van der Waals surface area contributed by atoms with E-state index in [1.807, 2.05) is 11.8 Å². The molecule has 0 unspecified atom stereocenters. The molecule has 0 aromatic carbocycles. The highest BCUT2D eigenvalue weighted by molar-refractivity contribution is 7.99. The van der Waals surface area contributed by atoms with E-state index in [4.69, 9.17) is 0 Å². The fourth-order valence-corrected chi connectivity index (χ4v) is 3.23. The molecular formula is C14H24N4S. The van der Waals surface area contributed by atoms with Crippen LogP contribution in [0.1, 0.15) is 63.2 Å². The van der Waals surface area contributed by atoms with E-state index in [9.17, 15) is 0 Å². The number of nitrogens with zero attached hydrogens (tertiary/aromatic N) is 3. The molecule has 5 heteroatoms. The number of nitrogens with one attached hydrogen (secondary N) is 1. The summed E-state index contributed by atoms with van der Waals surface area (Å²) in [5, 5.41) is 13.5. The zero-order valence-electron chi connectivity index (χ0n) is 11.8. The quantitative estimate of drug-likeness (QED) is 0.558. The fourth-order valence-electron chi connectivity index (χ4n) is 2.32. The topological polar surface area (TPSA) is 42.7 Å². The predicted molar refractivity (Wildman–Crippen MR) is 78.8 cm³/mol. The van der Waals surface area contributed by atoms with Crippen LogP contribution in [0, 0.1) is 0 Å². The molecule has 0 amide bonds. The van der Waals surface area contributed by atoms with Gasteiger partial charge in [-0.1, -0.05) is 25.1 Å². The van der Waals surface area contributed by atoms with Crippen molar-refractivity contribution in [1.29, 1.82) is 0 Å². The first-order valence-electron chi connectivity index (χ1n) is 7.68. The van der Waals surface area contributed by atoms with E-state index >= 15 is 0 Å². The third-order valence-electron chi connectivity index (χ3n) is 3.76. The van der Waals surface area contributed by atoms with E-state index in [0.29, 0.717) is 12.0 Å². The van der Waals surface area contributed by atoms with Crippen molar-refractivity contribution >= 4 is 11.8 Å². The zero-order valence-corrected chi connectivity index (χ0v) is 12.6. The number of aromatic nitrogens is 3. The Kier molecular flexibility index (Phi) is 4.43. The minimum absolute atomic E-state index is 0.709. The molecule has 1 aromatic rings. The highest BCUT2D eigenvalue weighted by atomic mass is 32.2. The van der Waals surface area contributed by atoms with Crippen LogP contribution in [0.25, 0.3) is 0 Å². The van der Waals surface area contributed by atoms with Gasteiger partial charge in [-0.25, -0.2) is 0 Å². The van der Waals surface area contributed by atoms with E-state index in [1.54, 1.807) is 0 Å². The van der Waals surface area contributed by atoms with Crippen LogP contribution in [0.2, 0.25) is 0 Å². The van der Waals surface area contributed by atoms with Gasteiger partial charge in [-0.2, -0.15) is 0 Å². The lowest BCUT2D eigenvalue weighted by Crippen LogP contribution is -2.18. The van der Waals surface area contributed by atoms with Gasteiger partial charge in [0.15, 0.2) is 5.16 Å². The van der Waals surface area contributed by atoms with Gasteiger partial charge in [-0.3, -0.25) is 0 Å². The number of hydrogen-bond donors (Lipinski definition) is 1. The minimum atomic E-state index is 0.709. The van der Waals surface area contributed by atoms with Crippen LogP contribution in [0.4, 0.5) is 0 Å². The Balaban J connectivity index is 1.50. The largest absolute Gasteiger partial charge is 0.316 e. The number of rotatable bonds is 9. The first kappa shape index (κ1) is 13.4. The average Bonchev–Trinajstić information content (AvgIpc) is 3.32. The van der Waals surface area contributed by atoms with Crippen LogP contribution in [0.3, 0.4) is 0 Å². The van der Waals surface area contributed by atoms with Gasteiger partial charge in [-0.15, -0.1) is 10.2 Å². The molecular weight excluding hydrogens is 256 g/mol. The molecule has 2 aliphatic rings. The summed E-state index contributed by atoms with van der Waals surface area (Å²) in [7, 11) is 0. The SMILES string of the molecule is CCCCNCCSc1nnc(C2CC2)n1C1CC1. The lowest BCUT2D eigenvalue weighted by atomic mass is 10.3. The first-order chi connectivity index (χ1) is 9.40. The monoisotopic (exact) mass is 280 g/mol. The normalized spacial score (nSPS) is 19.0. The Morgan fingerprint density at radius 1 is 1.21 bits per heavy atom. The van der Waals surface area contributed by atoms with Crippen LogP contribution in [0.15, 0.2) is 5.16 Å². The van der Waals surface area contributed by atoms with Crippen molar-refractivity contribution in [1.82, 2.24) is 20.1 Å². The van der Waals surface area contributed by atoms with Gasteiger partial charge >= 0.3 is 0 Å². The summed E-state index contributed by atoms with van der Waals surface area (Å²) in [5.74, 6) is 3.08. The Hall–Kier alpha value is -0.550. The number of hydrogen-bond acceptors (Lipinski definition) is 4. The summed E-state index contributed by atoms with van der Waals surface area (Å²) in [6.07, 6.45) is 7.80. The van der Waals surface area contributed by atoms with E-state index in [-0.39, 0.29) is 0 Å². The van der Waals surface area contributed by atoms with Gasteiger partial charge in [0.25, 0.3) is 0 Å². The average molecular weight is 280 g/mol. The molecule has 1 heterocycles. The Morgan fingerprint density at radius 3 is 2.74 bits per heavy atom. The standard InChI is InChI=1S/C14H24N4S/c1-2-3-8-15-9-10-19-14-17-16-13(11-4-5-11)18(14)12-6-7-12/h11-12,15H,2-10H2,1H3. The lowest BCUT2D eigenvalue weighted by molar-refractivity contribution is 0.625. The number of thioether (sulfide) groups is 1. The van der Waals surface area contributed by atoms with Crippen molar-refractivity contribution in [2.24, 2.45) is 0 Å². The lowest BCUT2D eigenvalue weighted by Gasteiger charge is -2.08. The molecule has 0 atom stereocenters.